The van der Waals surface area contributed by atoms with E-state index in [1.807, 2.05) is 6.08 Å². The van der Waals surface area contributed by atoms with Gasteiger partial charge in [0.2, 0.25) is 0 Å². The third kappa shape index (κ3) is 5.31. The standard InChI is InChI=1S/C18H24F4N2/c1-2-3-4-5-6-17(24-9-7-23-8-10-24)14-11-15(18(20,21)22)13-16(19)12-14/h2,11-13,17,23H,1,3-10H2/t17-/m0/s1. The van der Waals surface area contributed by atoms with Gasteiger partial charge in [-0.25, -0.2) is 4.39 Å². The summed E-state index contributed by atoms with van der Waals surface area (Å²) in [7, 11) is 0. The van der Waals surface area contributed by atoms with Crippen molar-refractivity contribution in [2.45, 2.75) is 37.9 Å². The van der Waals surface area contributed by atoms with E-state index in [2.05, 4.69) is 16.8 Å². The summed E-state index contributed by atoms with van der Waals surface area (Å²) in [4.78, 5) is 2.15. The molecule has 0 amide bonds. The van der Waals surface area contributed by atoms with E-state index in [0.29, 0.717) is 18.1 Å². The Balaban J connectivity index is 2.24. The van der Waals surface area contributed by atoms with Gasteiger partial charge in [-0.1, -0.05) is 12.5 Å². The van der Waals surface area contributed by atoms with Crippen LogP contribution in [0.1, 0.15) is 42.9 Å². The molecule has 1 fully saturated rings. The first-order chi connectivity index (χ1) is 11.4. The zero-order chi connectivity index (χ0) is 17.6. The van der Waals surface area contributed by atoms with Crippen LogP contribution in [0.2, 0.25) is 0 Å². The maximum absolute atomic E-state index is 13.8. The molecule has 1 aromatic carbocycles. The number of allylic oxidation sites excluding steroid dienone is 1. The molecule has 1 aliphatic heterocycles. The van der Waals surface area contributed by atoms with Crippen LogP contribution in [0, 0.1) is 5.82 Å². The quantitative estimate of drug-likeness (QED) is 0.444. The fraction of sp³-hybridized carbons (Fsp3) is 0.556. The Morgan fingerprint density at radius 2 is 1.88 bits per heavy atom. The molecule has 1 atom stereocenters. The van der Waals surface area contributed by atoms with Gasteiger partial charge in [-0.2, -0.15) is 13.2 Å². The highest BCUT2D eigenvalue weighted by molar-refractivity contribution is 5.29. The average Bonchev–Trinajstić information content (AvgIpc) is 2.54. The van der Waals surface area contributed by atoms with Gasteiger partial charge in [0.25, 0.3) is 0 Å². The molecule has 1 aliphatic rings. The molecule has 1 N–H and O–H groups in total. The molecule has 1 saturated heterocycles. The molecule has 2 nitrogen and oxygen atoms in total. The van der Waals surface area contributed by atoms with E-state index in [-0.39, 0.29) is 6.04 Å². The second kappa shape index (κ2) is 8.62. The van der Waals surface area contributed by atoms with Gasteiger partial charge in [0, 0.05) is 32.2 Å². The summed E-state index contributed by atoms with van der Waals surface area (Å²) in [5, 5.41) is 3.24. The molecule has 0 saturated carbocycles. The summed E-state index contributed by atoms with van der Waals surface area (Å²) in [6.45, 7) is 6.78. The number of halogens is 4. The number of rotatable bonds is 7. The molecule has 0 spiro atoms. The monoisotopic (exact) mass is 344 g/mol. The number of unbranched alkanes of at least 4 members (excludes halogenated alkanes) is 2. The predicted octanol–water partition coefficient (Wildman–Crippen LogP) is 4.54. The summed E-state index contributed by atoms with van der Waals surface area (Å²) in [5.41, 5.74) is -0.494. The van der Waals surface area contributed by atoms with Crippen LogP contribution >= 0.6 is 0 Å². The fourth-order valence-corrected chi connectivity index (χ4v) is 3.15. The second-order valence-corrected chi connectivity index (χ2v) is 6.15. The minimum Gasteiger partial charge on any atom is -0.314 e. The third-order valence-corrected chi connectivity index (χ3v) is 4.36. The van der Waals surface area contributed by atoms with Crippen molar-refractivity contribution in [2.75, 3.05) is 26.2 Å². The van der Waals surface area contributed by atoms with Crippen molar-refractivity contribution in [3.8, 4) is 0 Å². The molecule has 1 aromatic rings. The number of nitrogens with zero attached hydrogens (tertiary/aromatic N) is 1. The molecule has 0 bridgehead atoms. The van der Waals surface area contributed by atoms with Gasteiger partial charge in [0.05, 0.1) is 5.56 Å². The van der Waals surface area contributed by atoms with Crippen molar-refractivity contribution in [3.05, 3.63) is 47.8 Å². The van der Waals surface area contributed by atoms with Crippen molar-refractivity contribution < 1.29 is 17.6 Å². The summed E-state index contributed by atoms with van der Waals surface area (Å²) in [6.07, 6.45) is 0.712. The molecular weight excluding hydrogens is 320 g/mol. The SMILES string of the molecule is C=CCCCC[C@@H](c1cc(F)cc(C(F)(F)F)c1)N1CCNCC1. The lowest BCUT2D eigenvalue weighted by molar-refractivity contribution is -0.137. The summed E-state index contributed by atoms with van der Waals surface area (Å²) in [6, 6.07) is 2.73. The molecule has 1 heterocycles. The number of benzene rings is 1. The highest BCUT2D eigenvalue weighted by atomic mass is 19.4. The first-order valence-corrected chi connectivity index (χ1v) is 8.35. The van der Waals surface area contributed by atoms with E-state index < -0.39 is 17.6 Å². The largest absolute Gasteiger partial charge is 0.416 e. The molecule has 0 radical (unpaired) electrons. The van der Waals surface area contributed by atoms with Crippen LogP contribution in [-0.2, 0) is 6.18 Å². The van der Waals surface area contributed by atoms with E-state index in [1.165, 1.54) is 6.07 Å². The van der Waals surface area contributed by atoms with Gasteiger partial charge < -0.3 is 5.32 Å². The van der Waals surface area contributed by atoms with Gasteiger partial charge in [-0.05, 0) is 43.0 Å². The number of piperazine rings is 1. The van der Waals surface area contributed by atoms with E-state index >= 15 is 0 Å². The smallest absolute Gasteiger partial charge is 0.314 e. The highest BCUT2D eigenvalue weighted by Crippen LogP contribution is 2.34. The number of hydrogen-bond acceptors (Lipinski definition) is 2. The molecule has 0 aromatic heterocycles. The van der Waals surface area contributed by atoms with Crippen LogP contribution in [0.5, 0.6) is 0 Å². The average molecular weight is 344 g/mol. The van der Waals surface area contributed by atoms with Crippen molar-refractivity contribution >= 4 is 0 Å². The lowest BCUT2D eigenvalue weighted by Crippen LogP contribution is -2.45. The molecule has 6 heteroatoms. The molecular formula is C18H24F4N2. The minimum absolute atomic E-state index is 0.186. The Morgan fingerprint density at radius 1 is 1.17 bits per heavy atom. The zero-order valence-corrected chi connectivity index (χ0v) is 13.7. The van der Waals surface area contributed by atoms with Crippen LogP contribution in [0.3, 0.4) is 0 Å². The van der Waals surface area contributed by atoms with Crippen molar-refractivity contribution in [3.63, 3.8) is 0 Å². The Bertz CT molecular complexity index is 536. The second-order valence-electron chi connectivity index (χ2n) is 6.15. The van der Waals surface area contributed by atoms with Crippen LogP contribution in [0.4, 0.5) is 17.6 Å². The Kier molecular flexibility index (Phi) is 6.80. The first-order valence-electron chi connectivity index (χ1n) is 8.35. The highest BCUT2D eigenvalue weighted by Gasteiger charge is 2.33. The Labute approximate surface area is 140 Å². The summed E-state index contributed by atoms with van der Waals surface area (Å²) >= 11 is 0. The lowest BCUT2D eigenvalue weighted by atomic mass is 9.96. The normalized spacial score (nSPS) is 17.7. The van der Waals surface area contributed by atoms with Crippen molar-refractivity contribution in [1.82, 2.24) is 10.2 Å². The summed E-state index contributed by atoms with van der Waals surface area (Å²) in [5.74, 6) is -0.828. The van der Waals surface area contributed by atoms with E-state index in [0.717, 1.165) is 51.5 Å². The number of hydrogen-bond donors (Lipinski definition) is 1. The predicted molar refractivity (Wildman–Crippen MR) is 87.3 cm³/mol. The Morgan fingerprint density at radius 3 is 2.50 bits per heavy atom. The number of alkyl halides is 3. The van der Waals surface area contributed by atoms with Gasteiger partial charge >= 0.3 is 6.18 Å². The molecule has 0 aliphatic carbocycles. The summed E-state index contributed by atoms with van der Waals surface area (Å²) < 4.78 is 52.8. The zero-order valence-electron chi connectivity index (χ0n) is 13.7. The van der Waals surface area contributed by atoms with Crippen LogP contribution in [0.15, 0.2) is 30.9 Å². The van der Waals surface area contributed by atoms with E-state index in [9.17, 15) is 17.6 Å². The lowest BCUT2D eigenvalue weighted by Gasteiger charge is -2.35. The minimum atomic E-state index is -4.53. The fourth-order valence-electron chi connectivity index (χ4n) is 3.15. The van der Waals surface area contributed by atoms with Gasteiger partial charge in [-0.3, -0.25) is 4.90 Å². The third-order valence-electron chi connectivity index (χ3n) is 4.36. The van der Waals surface area contributed by atoms with Crippen LogP contribution in [-0.4, -0.2) is 31.1 Å². The van der Waals surface area contributed by atoms with E-state index in [4.69, 9.17) is 0 Å². The molecule has 2 rings (SSSR count). The van der Waals surface area contributed by atoms with Gasteiger partial charge in [0.15, 0.2) is 0 Å². The van der Waals surface area contributed by atoms with Gasteiger partial charge in [0.1, 0.15) is 5.82 Å². The number of nitrogens with one attached hydrogen (secondary N) is 1. The topological polar surface area (TPSA) is 15.3 Å². The maximum Gasteiger partial charge on any atom is 0.416 e. The van der Waals surface area contributed by atoms with Crippen LogP contribution in [0.25, 0.3) is 0 Å². The van der Waals surface area contributed by atoms with E-state index in [1.54, 1.807) is 0 Å². The van der Waals surface area contributed by atoms with Gasteiger partial charge in [-0.15, -0.1) is 6.58 Å². The van der Waals surface area contributed by atoms with Crippen LogP contribution < -0.4 is 5.32 Å². The molecule has 0 unspecified atom stereocenters. The molecule has 134 valence electrons. The molecule has 24 heavy (non-hydrogen) atoms. The first kappa shape index (κ1) is 18.9. The van der Waals surface area contributed by atoms with Crippen molar-refractivity contribution in [1.29, 1.82) is 0 Å². The van der Waals surface area contributed by atoms with Crippen molar-refractivity contribution in [2.24, 2.45) is 0 Å². The Hall–Kier alpha value is -1.40. The maximum atomic E-state index is 13.8.